The fourth-order valence-electron chi connectivity index (χ4n) is 6.56. The molecule has 2 saturated carbocycles. The molecule has 2 fully saturated rings. The Bertz CT molecular complexity index is 782. The van der Waals surface area contributed by atoms with Crippen molar-refractivity contribution in [3.8, 4) is 0 Å². The Morgan fingerprint density at radius 2 is 2.03 bits per heavy atom. The lowest BCUT2D eigenvalue weighted by Crippen LogP contribution is -2.55. The van der Waals surface area contributed by atoms with Crippen LogP contribution in [0.25, 0.3) is 0 Å². The van der Waals surface area contributed by atoms with Gasteiger partial charge >= 0.3 is 11.9 Å². The summed E-state index contributed by atoms with van der Waals surface area (Å²) in [6.45, 7) is 6.21. The molecule has 0 spiro atoms. The van der Waals surface area contributed by atoms with Crippen LogP contribution in [0, 0.1) is 28.6 Å². The first-order valence-electron chi connectivity index (χ1n) is 11.0. The number of furan rings is 1. The lowest BCUT2D eigenvalue weighted by molar-refractivity contribution is -0.176. The van der Waals surface area contributed by atoms with Crippen molar-refractivity contribution in [3.05, 3.63) is 23.7 Å². The van der Waals surface area contributed by atoms with Gasteiger partial charge in [-0.25, -0.2) is 0 Å². The molecule has 0 N–H and O–H groups in total. The summed E-state index contributed by atoms with van der Waals surface area (Å²) in [5.74, 6) is 0.735. The van der Waals surface area contributed by atoms with Crippen molar-refractivity contribution in [3.63, 3.8) is 0 Å². The zero-order chi connectivity index (χ0) is 21.9. The Hall–Kier alpha value is -2.11. The van der Waals surface area contributed by atoms with E-state index in [0.29, 0.717) is 12.4 Å². The molecule has 166 valence electrons. The summed E-state index contributed by atoms with van der Waals surface area (Å²) in [7, 11) is 1.48. The standard InChI is InChI=1S/C24H34O6/c1-16(26)30-15-18-7-9-21-23(2,11-5-12-24(21,3)22(27)28-4)19(18)8-6-17-10-13-29-20(17)14-25/h10,13-14,18-19,21H,5-9,11-12,15H2,1-4H3/t18-,19-,21?,23+,24?/m0/s1. The molecule has 0 bridgehead atoms. The predicted molar refractivity (Wildman–Crippen MR) is 111 cm³/mol. The maximum Gasteiger partial charge on any atom is 0.311 e. The first-order chi connectivity index (χ1) is 14.3. The van der Waals surface area contributed by atoms with Crippen LogP contribution in [0.3, 0.4) is 0 Å². The molecule has 2 unspecified atom stereocenters. The smallest absolute Gasteiger partial charge is 0.311 e. The van der Waals surface area contributed by atoms with Crippen LogP contribution in [-0.2, 0) is 25.5 Å². The summed E-state index contributed by atoms with van der Waals surface area (Å²) in [6.07, 6.45) is 8.59. The molecule has 0 amide bonds. The highest BCUT2D eigenvalue weighted by Gasteiger charge is 2.58. The number of aldehydes is 1. The molecule has 0 aromatic carbocycles. The molecule has 0 radical (unpaired) electrons. The van der Waals surface area contributed by atoms with Crippen LogP contribution >= 0.6 is 0 Å². The first-order valence-corrected chi connectivity index (χ1v) is 11.0. The average Bonchev–Trinajstić information content (AvgIpc) is 3.17. The van der Waals surface area contributed by atoms with Gasteiger partial charge in [-0.1, -0.05) is 13.3 Å². The largest absolute Gasteiger partial charge is 0.469 e. The highest BCUT2D eigenvalue weighted by atomic mass is 16.5. The van der Waals surface area contributed by atoms with Crippen LogP contribution in [0.15, 0.2) is 16.7 Å². The van der Waals surface area contributed by atoms with E-state index in [0.717, 1.165) is 56.8 Å². The van der Waals surface area contributed by atoms with Gasteiger partial charge in [-0.2, -0.15) is 0 Å². The maximum absolute atomic E-state index is 12.8. The second-order valence-corrected chi connectivity index (χ2v) is 9.53. The van der Waals surface area contributed by atoms with Gasteiger partial charge in [-0.3, -0.25) is 14.4 Å². The summed E-state index contributed by atoms with van der Waals surface area (Å²) in [6, 6.07) is 1.85. The average molecular weight is 419 g/mol. The molecule has 1 aromatic rings. The van der Waals surface area contributed by atoms with E-state index in [1.165, 1.54) is 14.0 Å². The molecule has 0 aliphatic heterocycles. The molecule has 2 aliphatic rings. The SMILES string of the molecule is COC(=O)C1(C)CCC[C@@]2(C)C1CC[C@@H](COC(C)=O)[C@@H]2CCc1ccoc1C=O. The van der Waals surface area contributed by atoms with Gasteiger partial charge in [0.25, 0.3) is 0 Å². The summed E-state index contributed by atoms with van der Waals surface area (Å²) in [5, 5.41) is 0. The summed E-state index contributed by atoms with van der Waals surface area (Å²) >= 11 is 0. The molecule has 3 rings (SSSR count). The molecular weight excluding hydrogens is 384 g/mol. The van der Waals surface area contributed by atoms with Crippen molar-refractivity contribution in [1.29, 1.82) is 0 Å². The minimum Gasteiger partial charge on any atom is -0.469 e. The van der Waals surface area contributed by atoms with Crippen molar-refractivity contribution in [2.24, 2.45) is 28.6 Å². The van der Waals surface area contributed by atoms with Crippen molar-refractivity contribution >= 4 is 18.2 Å². The fourth-order valence-corrected chi connectivity index (χ4v) is 6.56. The number of rotatable bonds is 7. The molecule has 1 aromatic heterocycles. The van der Waals surface area contributed by atoms with Crippen LogP contribution < -0.4 is 0 Å². The van der Waals surface area contributed by atoms with Gasteiger partial charge in [0.2, 0.25) is 0 Å². The van der Waals surface area contributed by atoms with E-state index >= 15 is 0 Å². The Balaban J connectivity index is 1.90. The van der Waals surface area contributed by atoms with E-state index in [1.807, 2.05) is 6.07 Å². The van der Waals surface area contributed by atoms with Gasteiger partial charge in [0, 0.05) is 12.5 Å². The molecule has 0 saturated heterocycles. The predicted octanol–water partition coefficient (Wildman–Crippen LogP) is 4.60. The number of fused-ring (bicyclic) bond motifs is 1. The molecule has 30 heavy (non-hydrogen) atoms. The Morgan fingerprint density at radius 3 is 2.70 bits per heavy atom. The van der Waals surface area contributed by atoms with E-state index in [9.17, 15) is 14.4 Å². The lowest BCUT2D eigenvalue weighted by Gasteiger charge is -2.59. The van der Waals surface area contributed by atoms with E-state index < -0.39 is 5.41 Å². The van der Waals surface area contributed by atoms with Gasteiger partial charge in [0.15, 0.2) is 12.0 Å². The Morgan fingerprint density at radius 1 is 1.27 bits per heavy atom. The molecule has 1 heterocycles. The molecular formula is C24H34O6. The first kappa shape index (κ1) is 22.6. The number of carbonyl (C=O) groups is 3. The van der Waals surface area contributed by atoms with Crippen LogP contribution in [0.2, 0.25) is 0 Å². The van der Waals surface area contributed by atoms with E-state index in [1.54, 1.807) is 6.26 Å². The zero-order valence-corrected chi connectivity index (χ0v) is 18.6. The number of methoxy groups -OCH3 is 1. The number of esters is 2. The number of hydrogen-bond acceptors (Lipinski definition) is 6. The summed E-state index contributed by atoms with van der Waals surface area (Å²) in [4.78, 5) is 35.5. The Labute approximate surface area is 178 Å². The van der Waals surface area contributed by atoms with Gasteiger partial charge in [0.05, 0.1) is 25.4 Å². The van der Waals surface area contributed by atoms with Gasteiger partial charge in [-0.15, -0.1) is 0 Å². The van der Waals surface area contributed by atoms with E-state index in [-0.39, 0.29) is 35.1 Å². The van der Waals surface area contributed by atoms with Gasteiger partial charge < -0.3 is 13.9 Å². The van der Waals surface area contributed by atoms with Crippen LogP contribution in [0.5, 0.6) is 0 Å². The van der Waals surface area contributed by atoms with Crippen LogP contribution in [0.1, 0.15) is 75.4 Å². The molecule has 2 aliphatic carbocycles. The van der Waals surface area contributed by atoms with E-state index in [4.69, 9.17) is 13.9 Å². The molecule has 6 nitrogen and oxygen atoms in total. The minimum absolute atomic E-state index is 0.0602. The van der Waals surface area contributed by atoms with Gasteiger partial charge in [0.1, 0.15) is 0 Å². The Kier molecular flexibility index (Phi) is 6.73. The maximum atomic E-state index is 12.8. The number of hydrogen-bond donors (Lipinski definition) is 0. The number of ether oxygens (including phenoxy) is 2. The van der Waals surface area contributed by atoms with Crippen molar-refractivity contribution in [2.45, 2.75) is 65.7 Å². The van der Waals surface area contributed by atoms with Crippen LogP contribution in [-0.4, -0.2) is 31.9 Å². The minimum atomic E-state index is -0.490. The quantitative estimate of drug-likeness (QED) is 0.475. The highest BCUT2D eigenvalue weighted by Crippen LogP contribution is 2.62. The second kappa shape index (κ2) is 8.94. The highest BCUT2D eigenvalue weighted by molar-refractivity contribution is 5.77. The van der Waals surface area contributed by atoms with Crippen LogP contribution in [0.4, 0.5) is 0 Å². The van der Waals surface area contributed by atoms with E-state index in [2.05, 4.69) is 13.8 Å². The zero-order valence-electron chi connectivity index (χ0n) is 18.6. The topological polar surface area (TPSA) is 82.8 Å². The molecule has 5 atom stereocenters. The van der Waals surface area contributed by atoms with Crippen molar-refractivity contribution in [2.75, 3.05) is 13.7 Å². The molecule has 6 heteroatoms. The fraction of sp³-hybridized carbons (Fsp3) is 0.708. The van der Waals surface area contributed by atoms with Crippen molar-refractivity contribution < 1.29 is 28.3 Å². The third kappa shape index (κ3) is 4.06. The third-order valence-electron chi connectivity index (χ3n) is 7.98. The second-order valence-electron chi connectivity index (χ2n) is 9.53. The summed E-state index contributed by atoms with van der Waals surface area (Å²) in [5.41, 5.74) is 0.360. The number of carbonyl (C=O) groups excluding carboxylic acids is 3. The van der Waals surface area contributed by atoms with Crippen molar-refractivity contribution in [1.82, 2.24) is 0 Å². The monoisotopic (exact) mass is 418 g/mol. The third-order valence-corrected chi connectivity index (χ3v) is 7.98. The normalized spacial score (nSPS) is 33.4. The lowest BCUT2D eigenvalue weighted by atomic mass is 9.45. The van der Waals surface area contributed by atoms with Gasteiger partial charge in [-0.05, 0) is 74.7 Å². The number of aryl methyl sites for hydroxylation is 1. The summed E-state index contributed by atoms with van der Waals surface area (Å²) < 4.78 is 15.9.